The second-order valence-corrected chi connectivity index (χ2v) is 4.36. The van der Waals surface area contributed by atoms with E-state index in [9.17, 15) is 4.79 Å². The van der Waals surface area contributed by atoms with Crippen LogP contribution in [0.15, 0.2) is 53.6 Å². The van der Waals surface area contributed by atoms with Gasteiger partial charge in [0.1, 0.15) is 0 Å². The second-order valence-electron chi connectivity index (χ2n) is 3.93. The molecule has 0 amide bonds. The number of nitrogens with zero attached hydrogens (tertiary/aromatic N) is 3. The molecule has 5 heteroatoms. The van der Waals surface area contributed by atoms with Gasteiger partial charge in [0.2, 0.25) is 0 Å². The van der Waals surface area contributed by atoms with Crippen molar-refractivity contribution >= 4 is 17.4 Å². The van der Waals surface area contributed by atoms with E-state index in [1.165, 1.54) is 0 Å². The molecule has 0 radical (unpaired) electrons. The molecule has 0 atom stereocenters. The van der Waals surface area contributed by atoms with Gasteiger partial charge >= 0.3 is 0 Å². The molecule has 0 saturated heterocycles. The maximum Gasteiger partial charge on any atom is 0.193 e. The number of ketones is 1. The standard InChI is InChI=1S/C14H10ClN3O/c15-13-6-4-11(5-7-13)14(19)12-3-1-2-10(8-12)9-17-18-16/h1-8H,9H2. The van der Waals surface area contributed by atoms with Crippen molar-refractivity contribution in [2.75, 3.05) is 0 Å². The van der Waals surface area contributed by atoms with Crippen molar-refractivity contribution in [3.05, 3.63) is 80.7 Å². The van der Waals surface area contributed by atoms with Crippen LogP contribution in [0.5, 0.6) is 0 Å². The van der Waals surface area contributed by atoms with Gasteiger partial charge < -0.3 is 0 Å². The third kappa shape index (κ3) is 3.35. The minimum atomic E-state index is -0.0838. The fourth-order valence-electron chi connectivity index (χ4n) is 1.69. The van der Waals surface area contributed by atoms with Crippen LogP contribution in [0.2, 0.25) is 5.02 Å². The molecule has 0 saturated carbocycles. The average molecular weight is 272 g/mol. The molecular formula is C14H10ClN3O. The van der Waals surface area contributed by atoms with Crippen LogP contribution in [-0.2, 0) is 6.54 Å². The van der Waals surface area contributed by atoms with Gasteiger partial charge in [-0.2, -0.15) is 0 Å². The fraction of sp³-hybridized carbons (Fsp3) is 0.0714. The number of carbonyl (C=O) groups is 1. The third-order valence-corrected chi connectivity index (χ3v) is 2.86. The fourth-order valence-corrected chi connectivity index (χ4v) is 1.82. The van der Waals surface area contributed by atoms with Crippen molar-refractivity contribution < 1.29 is 4.79 Å². The largest absolute Gasteiger partial charge is 0.289 e. The lowest BCUT2D eigenvalue weighted by atomic mass is 10.0. The van der Waals surface area contributed by atoms with Crippen LogP contribution in [0.1, 0.15) is 21.5 Å². The Morgan fingerprint density at radius 1 is 1.16 bits per heavy atom. The summed E-state index contributed by atoms with van der Waals surface area (Å²) in [5.74, 6) is -0.0838. The van der Waals surface area contributed by atoms with Crippen LogP contribution < -0.4 is 0 Å². The van der Waals surface area contributed by atoms with Gasteiger partial charge in [-0.1, -0.05) is 34.9 Å². The van der Waals surface area contributed by atoms with Crippen molar-refractivity contribution in [1.29, 1.82) is 0 Å². The van der Waals surface area contributed by atoms with E-state index in [0.717, 1.165) is 5.56 Å². The zero-order chi connectivity index (χ0) is 13.7. The van der Waals surface area contributed by atoms with E-state index in [0.29, 0.717) is 16.1 Å². The predicted octanol–water partition coefficient (Wildman–Crippen LogP) is 4.38. The first-order valence-electron chi connectivity index (χ1n) is 5.61. The first-order valence-corrected chi connectivity index (χ1v) is 5.98. The molecule has 2 aromatic carbocycles. The van der Waals surface area contributed by atoms with E-state index in [1.54, 1.807) is 42.5 Å². The smallest absolute Gasteiger partial charge is 0.193 e. The average Bonchev–Trinajstić information content (AvgIpc) is 2.45. The molecule has 0 spiro atoms. The van der Waals surface area contributed by atoms with Gasteiger partial charge in [0.25, 0.3) is 0 Å². The van der Waals surface area contributed by atoms with Gasteiger partial charge in [-0.3, -0.25) is 4.79 Å². The molecule has 4 nitrogen and oxygen atoms in total. The van der Waals surface area contributed by atoms with Gasteiger partial charge in [-0.25, -0.2) is 0 Å². The van der Waals surface area contributed by atoms with Crippen molar-refractivity contribution in [3.8, 4) is 0 Å². The summed E-state index contributed by atoms with van der Waals surface area (Å²) >= 11 is 5.79. The maximum absolute atomic E-state index is 12.2. The van der Waals surface area contributed by atoms with Crippen molar-refractivity contribution in [2.45, 2.75) is 6.54 Å². The van der Waals surface area contributed by atoms with Gasteiger partial charge in [-0.05, 0) is 41.4 Å². The SMILES string of the molecule is [N-]=[N+]=NCc1cccc(C(=O)c2ccc(Cl)cc2)c1. The number of rotatable bonds is 4. The second kappa shape index (κ2) is 6.05. The van der Waals surface area contributed by atoms with E-state index >= 15 is 0 Å². The van der Waals surface area contributed by atoms with Crippen LogP contribution in [0.3, 0.4) is 0 Å². The number of halogens is 1. The lowest BCUT2D eigenvalue weighted by molar-refractivity contribution is 0.103. The highest BCUT2D eigenvalue weighted by atomic mass is 35.5. The molecule has 0 unspecified atom stereocenters. The van der Waals surface area contributed by atoms with Crippen molar-refractivity contribution in [3.63, 3.8) is 0 Å². The summed E-state index contributed by atoms with van der Waals surface area (Å²) in [6.45, 7) is 0.234. The van der Waals surface area contributed by atoms with Crippen molar-refractivity contribution in [2.24, 2.45) is 5.11 Å². The highest BCUT2D eigenvalue weighted by Crippen LogP contribution is 2.15. The van der Waals surface area contributed by atoms with Crippen LogP contribution in [0.25, 0.3) is 10.4 Å². The summed E-state index contributed by atoms with van der Waals surface area (Å²) in [7, 11) is 0. The summed E-state index contributed by atoms with van der Waals surface area (Å²) in [5, 5.41) is 4.07. The Morgan fingerprint density at radius 3 is 2.58 bits per heavy atom. The van der Waals surface area contributed by atoms with E-state index in [-0.39, 0.29) is 12.3 Å². The molecule has 2 rings (SSSR count). The number of hydrogen-bond donors (Lipinski definition) is 0. The lowest BCUT2D eigenvalue weighted by Gasteiger charge is -2.03. The highest BCUT2D eigenvalue weighted by Gasteiger charge is 2.09. The minimum Gasteiger partial charge on any atom is -0.289 e. The molecule has 0 aliphatic heterocycles. The molecule has 0 N–H and O–H groups in total. The van der Waals surface area contributed by atoms with Gasteiger partial charge in [0.05, 0.1) is 6.54 Å². The molecular weight excluding hydrogens is 262 g/mol. The minimum absolute atomic E-state index is 0.0838. The van der Waals surface area contributed by atoms with Crippen LogP contribution in [0, 0.1) is 0 Å². The first kappa shape index (κ1) is 13.1. The number of hydrogen-bond acceptors (Lipinski definition) is 2. The third-order valence-electron chi connectivity index (χ3n) is 2.61. The van der Waals surface area contributed by atoms with Crippen LogP contribution in [0.4, 0.5) is 0 Å². The Morgan fingerprint density at radius 2 is 1.89 bits per heavy atom. The lowest BCUT2D eigenvalue weighted by Crippen LogP contribution is -2.01. The summed E-state index contributed by atoms with van der Waals surface area (Å²) in [5.41, 5.74) is 10.2. The number of benzene rings is 2. The van der Waals surface area contributed by atoms with Crippen LogP contribution in [-0.4, -0.2) is 5.78 Å². The Kier molecular flexibility index (Phi) is 4.18. The molecule has 0 aliphatic rings. The molecule has 2 aromatic rings. The number of carbonyl (C=O) groups excluding carboxylic acids is 1. The first-order chi connectivity index (χ1) is 9.20. The Bertz CT molecular complexity index is 646. The Balaban J connectivity index is 2.28. The van der Waals surface area contributed by atoms with E-state index < -0.39 is 0 Å². The van der Waals surface area contributed by atoms with Crippen molar-refractivity contribution in [1.82, 2.24) is 0 Å². The topological polar surface area (TPSA) is 65.8 Å². The maximum atomic E-state index is 12.2. The zero-order valence-electron chi connectivity index (χ0n) is 9.95. The zero-order valence-corrected chi connectivity index (χ0v) is 10.7. The van der Waals surface area contributed by atoms with Crippen LogP contribution >= 0.6 is 11.6 Å². The predicted molar refractivity (Wildman–Crippen MR) is 74.2 cm³/mol. The summed E-state index contributed by atoms with van der Waals surface area (Å²) in [6, 6.07) is 13.8. The van der Waals surface area contributed by atoms with Gasteiger partial charge in [-0.15, -0.1) is 0 Å². The summed E-state index contributed by atoms with van der Waals surface area (Å²) < 4.78 is 0. The summed E-state index contributed by atoms with van der Waals surface area (Å²) in [6.07, 6.45) is 0. The van der Waals surface area contributed by atoms with Gasteiger partial charge in [0.15, 0.2) is 5.78 Å². The molecule has 0 aromatic heterocycles. The molecule has 0 bridgehead atoms. The van der Waals surface area contributed by atoms with E-state index in [2.05, 4.69) is 10.0 Å². The highest BCUT2D eigenvalue weighted by molar-refractivity contribution is 6.30. The molecule has 94 valence electrons. The quantitative estimate of drug-likeness (QED) is 0.352. The van der Waals surface area contributed by atoms with Gasteiger partial charge in [0, 0.05) is 21.1 Å². The molecule has 0 heterocycles. The Labute approximate surface area is 115 Å². The summed E-state index contributed by atoms with van der Waals surface area (Å²) in [4.78, 5) is 14.9. The van der Waals surface area contributed by atoms with E-state index in [4.69, 9.17) is 17.1 Å². The molecule has 0 fully saturated rings. The monoisotopic (exact) mass is 271 g/mol. The molecule has 19 heavy (non-hydrogen) atoms. The molecule has 0 aliphatic carbocycles. The van der Waals surface area contributed by atoms with E-state index in [1.807, 2.05) is 6.07 Å². The number of azide groups is 1. The normalized spacial score (nSPS) is 9.74. The Hall–Kier alpha value is -2.29.